The summed E-state index contributed by atoms with van der Waals surface area (Å²) >= 11 is 6.04. The fourth-order valence-corrected chi connectivity index (χ4v) is 2.58. The van der Waals surface area contributed by atoms with Crippen molar-refractivity contribution in [3.8, 4) is 11.3 Å². The maximum Gasteiger partial charge on any atom is 0.221 e. The molecule has 0 unspecified atom stereocenters. The molecule has 128 valence electrons. The number of nitrogens with one attached hydrogen (secondary N) is 1. The van der Waals surface area contributed by atoms with Gasteiger partial charge in [0.05, 0.1) is 12.1 Å². The van der Waals surface area contributed by atoms with Crippen LogP contribution in [0.4, 0.5) is 11.4 Å². The third-order valence-corrected chi connectivity index (χ3v) is 3.74. The number of benzene rings is 2. The number of amides is 1. The highest BCUT2D eigenvalue weighted by atomic mass is 35.5. The molecule has 4 nitrogen and oxygen atoms in total. The van der Waals surface area contributed by atoms with Gasteiger partial charge < -0.3 is 11.1 Å². The maximum absolute atomic E-state index is 10.9. The van der Waals surface area contributed by atoms with Gasteiger partial charge in [0.25, 0.3) is 0 Å². The van der Waals surface area contributed by atoms with Gasteiger partial charge in [-0.1, -0.05) is 35.9 Å². The van der Waals surface area contributed by atoms with Crippen molar-refractivity contribution in [3.63, 3.8) is 0 Å². The lowest BCUT2D eigenvalue weighted by Crippen LogP contribution is -2.13. The summed E-state index contributed by atoms with van der Waals surface area (Å²) in [6, 6.07) is 19.0. The van der Waals surface area contributed by atoms with E-state index in [1.54, 1.807) is 6.20 Å². The summed E-state index contributed by atoms with van der Waals surface area (Å²) in [5.41, 5.74) is 9.73. The van der Waals surface area contributed by atoms with Crippen molar-refractivity contribution in [3.05, 3.63) is 77.4 Å². The number of aromatic nitrogens is 1. The van der Waals surface area contributed by atoms with Crippen LogP contribution in [0.25, 0.3) is 11.3 Å². The van der Waals surface area contributed by atoms with Crippen molar-refractivity contribution in [1.82, 2.24) is 4.98 Å². The number of nitrogens with zero attached hydrogens (tertiary/aromatic N) is 1. The van der Waals surface area contributed by atoms with Gasteiger partial charge in [-0.15, -0.1) is 12.4 Å². The lowest BCUT2D eigenvalue weighted by Gasteiger charge is -2.09. The van der Waals surface area contributed by atoms with Crippen LogP contribution in [0.3, 0.4) is 0 Å². The molecular formula is C19H17Cl2N3O. The summed E-state index contributed by atoms with van der Waals surface area (Å²) in [5.74, 6) is -0.337. The van der Waals surface area contributed by atoms with E-state index in [4.69, 9.17) is 17.3 Å². The number of rotatable bonds is 5. The van der Waals surface area contributed by atoms with Gasteiger partial charge in [-0.3, -0.25) is 9.78 Å². The molecule has 1 heterocycles. The van der Waals surface area contributed by atoms with Crippen molar-refractivity contribution < 1.29 is 4.79 Å². The Balaban J connectivity index is 0.00000225. The smallest absolute Gasteiger partial charge is 0.221 e. The lowest BCUT2D eigenvalue weighted by molar-refractivity contribution is -0.117. The van der Waals surface area contributed by atoms with Crippen LogP contribution >= 0.6 is 24.0 Å². The molecule has 0 bridgehead atoms. The SMILES string of the molecule is Cl.NC(=O)Cc1ccc(Nc2ccnc(-c3cccc(Cl)c3)c2)cc1. The Morgan fingerprint density at radius 1 is 1.04 bits per heavy atom. The zero-order chi connectivity index (χ0) is 16.9. The van der Waals surface area contributed by atoms with E-state index in [1.165, 1.54) is 0 Å². The molecule has 0 aliphatic rings. The van der Waals surface area contributed by atoms with E-state index in [0.717, 1.165) is 28.2 Å². The van der Waals surface area contributed by atoms with E-state index in [-0.39, 0.29) is 24.7 Å². The van der Waals surface area contributed by atoms with Crippen molar-refractivity contribution in [2.75, 3.05) is 5.32 Å². The fraction of sp³-hybridized carbons (Fsp3) is 0.0526. The molecule has 25 heavy (non-hydrogen) atoms. The Morgan fingerprint density at radius 2 is 1.80 bits per heavy atom. The number of carbonyl (C=O) groups excluding carboxylic acids is 1. The van der Waals surface area contributed by atoms with Crippen LogP contribution in [-0.4, -0.2) is 10.9 Å². The molecule has 0 fully saturated rings. The Hall–Kier alpha value is -2.56. The third kappa shape index (κ3) is 5.21. The maximum atomic E-state index is 10.9. The Morgan fingerprint density at radius 3 is 2.48 bits per heavy atom. The average molecular weight is 374 g/mol. The van der Waals surface area contributed by atoms with Gasteiger partial charge in [0.2, 0.25) is 5.91 Å². The number of pyridine rings is 1. The summed E-state index contributed by atoms with van der Waals surface area (Å²) in [5, 5.41) is 4.00. The highest BCUT2D eigenvalue weighted by Gasteiger charge is 2.03. The van der Waals surface area contributed by atoms with Gasteiger partial charge >= 0.3 is 0 Å². The average Bonchev–Trinajstić information content (AvgIpc) is 2.56. The van der Waals surface area contributed by atoms with Gasteiger partial charge in [-0.2, -0.15) is 0 Å². The van der Waals surface area contributed by atoms with E-state index < -0.39 is 0 Å². The topological polar surface area (TPSA) is 68.0 Å². The van der Waals surface area contributed by atoms with Crippen molar-refractivity contribution in [2.45, 2.75) is 6.42 Å². The van der Waals surface area contributed by atoms with E-state index in [1.807, 2.05) is 60.7 Å². The second kappa shape index (κ2) is 8.51. The predicted molar refractivity (Wildman–Crippen MR) is 105 cm³/mol. The molecule has 3 aromatic rings. The number of halogens is 2. The molecule has 0 radical (unpaired) electrons. The van der Waals surface area contributed by atoms with Gasteiger partial charge in [0.15, 0.2) is 0 Å². The van der Waals surface area contributed by atoms with Gasteiger partial charge in [0, 0.05) is 28.2 Å². The monoisotopic (exact) mass is 373 g/mol. The molecule has 0 atom stereocenters. The number of nitrogens with two attached hydrogens (primary N) is 1. The first kappa shape index (κ1) is 18.8. The van der Waals surface area contributed by atoms with Crippen LogP contribution in [0.1, 0.15) is 5.56 Å². The van der Waals surface area contributed by atoms with E-state index in [0.29, 0.717) is 5.02 Å². The largest absolute Gasteiger partial charge is 0.369 e. The number of carbonyl (C=O) groups is 1. The first-order valence-electron chi connectivity index (χ1n) is 7.46. The number of primary amides is 1. The number of anilines is 2. The number of hydrogen-bond acceptors (Lipinski definition) is 3. The van der Waals surface area contributed by atoms with Gasteiger partial charge in [-0.25, -0.2) is 0 Å². The van der Waals surface area contributed by atoms with Crippen LogP contribution in [0.5, 0.6) is 0 Å². The van der Waals surface area contributed by atoms with Crippen LogP contribution in [0, 0.1) is 0 Å². The van der Waals surface area contributed by atoms with Crippen molar-refractivity contribution in [2.24, 2.45) is 5.73 Å². The minimum absolute atomic E-state index is 0. The molecule has 3 N–H and O–H groups in total. The van der Waals surface area contributed by atoms with E-state index in [9.17, 15) is 4.79 Å². The number of hydrogen-bond donors (Lipinski definition) is 2. The standard InChI is InChI=1S/C19H16ClN3O.ClH/c20-15-3-1-2-14(11-15)18-12-17(8-9-22-18)23-16-6-4-13(5-7-16)10-19(21)24;/h1-9,11-12H,10H2,(H2,21,24)(H,22,23);1H. The van der Waals surface area contributed by atoms with Gasteiger partial charge in [-0.05, 0) is 42.0 Å². The molecular weight excluding hydrogens is 357 g/mol. The minimum atomic E-state index is -0.337. The van der Waals surface area contributed by atoms with Crippen LogP contribution in [0.2, 0.25) is 5.02 Å². The van der Waals surface area contributed by atoms with Crippen LogP contribution in [0.15, 0.2) is 66.9 Å². The molecule has 0 aliphatic heterocycles. The molecule has 3 rings (SSSR count). The summed E-state index contributed by atoms with van der Waals surface area (Å²) in [6.07, 6.45) is 1.99. The normalized spacial score (nSPS) is 9.96. The molecule has 0 saturated carbocycles. The summed E-state index contributed by atoms with van der Waals surface area (Å²) < 4.78 is 0. The third-order valence-electron chi connectivity index (χ3n) is 3.50. The Bertz CT molecular complexity index is 867. The molecule has 0 spiro atoms. The molecule has 0 aliphatic carbocycles. The predicted octanol–water partition coefficient (Wildman–Crippen LogP) is 4.60. The zero-order valence-corrected chi connectivity index (χ0v) is 14.8. The molecule has 0 saturated heterocycles. The first-order valence-corrected chi connectivity index (χ1v) is 7.84. The van der Waals surface area contributed by atoms with Crippen LogP contribution in [-0.2, 0) is 11.2 Å². The summed E-state index contributed by atoms with van der Waals surface area (Å²) in [7, 11) is 0. The molecule has 1 aromatic heterocycles. The van der Waals surface area contributed by atoms with Gasteiger partial charge in [0.1, 0.15) is 0 Å². The lowest BCUT2D eigenvalue weighted by atomic mass is 10.1. The molecule has 2 aromatic carbocycles. The molecule has 6 heteroatoms. The summed E-state index contributed by atoms with van der Waals surface area (Å²) in [6.45, 7) is 0. The van der Waals surface area contributed by atoms with E-state index >= 15 is 0 Å². The quantitative estimate of drug-likeness (QED) is 0.686. The second-order valence-corrected chi connectivity index (χ2v) is 5.84. The van der Waals surface area contributed by atoms with E-state index in [2.05, 4.69) is 10.3 Å². The highest BCUT2D eigenvalue weighted by Crippen LogP contribution is 2.24. The highest BCUT2D eigenvalue weighted by molar-refractivity contribution is 6.30. The minimum Gasteiger partial charge on any atom is -0.369 e. The Kier molecular flexibility index (Phi) is 6.39. The van der Waals surface area contributed by atoms with Crippen molar-refractivity contribution in [1.29, 1.82) is 0 Å². The van der Waals surface area contributed by atoms with Crippen LogP contribution < -0.4 is 11.1 Å². The zero-order valence-electron chi connectivity index (χ0n) is 13.3. The second-order valence-electron chi connectivity index (χ2n) is 5.41. The van der Waals surface area contributed by atoms with Crippen molar-refractivity contribution >= 4 is 41.3 Å². The summed E-state index contributed by atoms with van der Waals surface area (Å²) in [4.78, 5) is 15.3. The fourth-order valence-electron chi connectivity index (χ4n) is 2.39. The Labute approximate surface area is 157 Å². The molecule has 1 amide bonds. The first-order chi connectivity index (χ1) is 11.6.